The topological polar surface area (TPSA) is 105 Å². The number of hydrogen-bond donors (Lipinski definition) is 2. The molecule has 0 spiro atoms. The Kier molecular flexibility index (Phi) is 7.27. The van der Waals surface area contributed by atoms with Crippen LogP contribution in [0.25, 0.3) is 17.0 Å². The highest BCUT2D eigenvalue weighted by atomic mass is 32.2. The molecule has 0 amide bonds. The second-order valence-electron chi connectivity index (χ2n) is 8.05. The summed E-state index contributed by atoms with van der Waals surface area (Å²) < 4.78 is 56.9. The first-order chi connectivity index (χ1) is 16.4. The van der Waals surface area contributed by atoms with Gasteiger partial charge in [0.25, 0.3) is 0 Å². The Balaban J connectivity index is 0.00000133. The molecule has 2 aliphatic heterocycles. The number of fused-ring (bicyclic) bond motifs is 1. The summed E-state index contributed by atoms with van der Waals surface area (Å²) >= 11 is 0. The molecule has 0 bridgehead atoms. The van der Waals surface area contributed by atoms with Crippen LogP contribution in [0.15, 0.2) is 24.7 Å². The van der Waals surface area contributed by atoms with E-state index in [1.165, 1.54) is 27.3 Å². The molecule has 3 aromatic heterocycles. The van der Waals surface area contributed by atoms with E-state index < -0.39 is 21.7 Å². The molecule has 0 saturated carbocycles. The highest BCUT2D eigenvalue weighted by Crippen LogP contribution is 2.28. The number of imidazole rings is 1. The Bertz CT molecular complexity index is 1260. The molecule has 2 saturated heterocycles. The van der Waals surface area contributed by atoms with Crippen molar-refractivity contribution < 1.29 is 17.2 Å². The second kappa shape index (κ2) is 10.2. The molecule has 0 aliphatic carbocycles. The average molecular weight is 494 g/mol. The maximum absolute atomic E-state index is 14.8. The number of rotatable bonds is 4. The highest BCUT2D eigenvalue weighted by molar-refractivity contribution is 7.92. The van der Waals surface area contributed by atoms with E-state index in [0.717, 1.165) is 31.9 Å². The van der Waals surface area contributed by atoms with E-state index in [1.807, 2.05) is 13.8 Å². The lowest BCUT2D eigenvalue weighted by Crippen LogP contribution is -2.38. The number of hydrogen-bond acceptors (Lipinski definition) is 7. The molecule has 1 unspecified atom stereocenters. The lowest BCUT2D eigenvalue weighted by atomic mass is 10.1. The van der Waals surface area contributed by atoms with Crippen LogP contribution in [0.5, 0.6) is 0 Å². The molecular formula is C22H29F2N7O2S. The standard InChI is InChI=1S/C20H23F2N7O2S.C2H6/c21-14-8-15(22)20(26-13-4-3-5-23-9-13)27-19(14)16-10-24-17-11-25-18(12-28(16)17)29-6-1-2-7-32(29,30)31;1-2/h8,10-13,23H,1-7,9H2,(H,26,27);1-2H3. The molecule has 0 aromatic carbocycles. The number of halogens is 2. The van der Waals surface area contributed by atoms with Gasteiger partial charge >= 0.3 is 0 Å². The van der Waals surface area contributed by atoms with Crippen molar-refractivity contribution in [3.05, 3.63) is 36.3 Å². The summed E-state index contributed by atoms with van der Waals surface area (Å²) in [5.41, 5.74) is 0.596. The number of sulfonamides is 1. The summed E-state index contributed by atoms with van der Waals surface area (Å²) in [4.78, 5) is 12.7. The van der Waals surface area contributed by atoms with Gasteiger partial charge in [-0.25, -0.2) is 32.2 Å². The fourth-order valence-electron chi connectivity index (χ4n) is 4.14. The first kappa shape index (κ1) is 24.3. The van der Waals surface area contributed by atoms with Crippen molar-refractivity contribution in [3.63, 3.8) is 0 Å². The average Bonchev–Trinajstić information content (AvgIpc) is 3.25. The Morgan fingerprint density at radius 3 is 2.68 bits per heavy atom. The monoisotopic (exact) mass is 493 g/mol. The van der Waals surface area contributed by atoms with Crippen LogP contribution in [0.2, 0.25) is 0 Å². The smallest absolute Gasteiger partial charge is 0.236 e. The number of piperidine rings is 1. The van der Waals surface area contributed by atoms with E-state index in [1.54, 1.807) is 0 Å². The molecule has 5 rings (SSSR count). The zero-order chi connectivity index (χ0) is 24.3. The van der Waals surface area contributed by atoms with Gasteiger partial charge in [-0.1, -0.05) is 13.8 Å². The zero-order valence-corrected chi connectivity index (χ0v) is 20.1. The quantitative estimate of drug-likeness (QED) is 0.575. The van der Waals surface area contributed by atoms with Crippen LogP contribution in [0.4, 0.5) is 20.4 Å². The van der Waals surface area contributed by atoms with E-state index in [-0.39, 0.29) is 34.8 Å². The van der Waals surface area contributed by atoms with E-state index in [4.69, 9.17) is 0 Å². The Labute approximate surface area is 197 Å². The fourth-order valence-corrected chi connectivity index (χ4v) is 5.72. The van der Waals surface area contributed by atoms with Crippen molar-refractivity contribution >= 4 is 27.3 Å². The lowest BCUT2D eigenvalue weighted by Gasteiger charge is -2.27. The van der Waals surface area contributed by atoms with Gasteiger partial charge in [-0.05, 0) is 32.2 Å². The van der Waals surface area contributed by atoms with Gasteiger partial charge in [0, 0.05) is 25.2 Å². The third-order valence-corrected chi connectivity index (χ3v) is 7.64. The van der Waals surface area contributed by atoms with Crippen molar-refractivity contribution in [2.24, 2.45) is 0 Å². The van der Waals surface area contributed by atoms with Crippen molar-refractivity contribution in [1.29, 1.82) is 0 Å². The first-order valence-corrected chi connectivity index (χ1v) is 13.2. The van der Waals surface area contributed by atoms with Crippen molar-refractivity contribution in [2.45, 2.75) is 45.6 Å². The van der Waals surface area contributed by atoms with Gasteiger partial charge in [-0.3, -0.25) is 8.71 Å². The molecule has 1 atom stereocenters. The molecule has 0 radical (unpaired) electrons. The first-order valence-electron chi connectivity index (χ1n) is 11.6. The maximum Gasteiger partial charge on any atom is 0.236 e. The van der Waals surface area contributed by atoms with E-state index in [2.05, 4.69) is 25.6 Å². The SMILES string of the molecule is CC.O=S1(=O)CCCCN1c1cn2c(-c3nc(NC4CCCNC4)c(F)cc3F)cnc2cn1. The molecule has 9 nitrogen and oxygen atoms in total. The molecule has 184 valence electrons. The second-order valence-corrected chi connectivity index (χ2v) is 10.1. The Morgan fingerprint density at radius 2 is 1.94 bits per heavy atom. The number of nitrogens with one attached hydrogen (secondary N) is 2. The van der Waals surface area contributed by atoms with Crippen LogP contribution in [0, 0.1) is 11.6 Å². The third kappa shape index (κ3) is 4.83. The summed E-state index contributed by atoms with van der Waals surface area (Å²) in [6, 6.07) is 0.795. The molecule has 5 heterocycles. The van der Waals surface area contributed by atoms with Crippen LogP contribution in [0.1, 0.15) is 39.5 Å². The molecule has 12 heteroatoms. The maximum atomic E-state index is 14.8. The summed E-state index contributed by atoms with van der Waals surface area (Å²) in [6.07, 6.45) is 7.50. The fraction of sp³-hybridized carbons (Fsp3) is 0.500. The minimum absolute atomic E-state index is 0.00800. The minimum Gasteiger partial charge on any atom is -0.364 e. The van der Waals surface area contributed by atoms with E-state index >= 15 is 0 Å². The van der Waals surface area contributed by atoms with Gasteiger partial charge in [-0.2, -0.15) is 0 Å². The van der Waals surface area contributed by atoms with Gasteiger partial charge in [0.1, 0.15) is 5.69 Å². The molecular weight excluding hydrogens is 464 g/mol. The number of pyridine rings is 1. The zero-order valence-electron chi connectivity index (χ0n) is 19.3. The van der Waals surface area contributed by atoms with Crippen molar-refractivity contribution in [3.8, 4) is 11.4 Å². The summed E-state index contributed by atoms with van der Waals surface area (Å²) in [7, 11) is -3.46. The molecule has 2 fully saturated rings. The summed E-state index contributed by atoms with van der Waals surface area (Å²) in [5, 5.41) is 6.29. The predicted molar refractivity (Wildman–Crippen MR) is 127 cm³/mol. The third-order valence-electron chi connectivity index (χ3n) is 5.80. The number of aromatic nitrogens is 4. The van der Waals surface area contributed by atoms with Crippen molar-refractivity contribution in [2.75, 3.05) is 35.0 Å². The van der Waals surface area contributed by atoms with Crippen molar-refractivity contribution in [1.82, 2.24) is 24.7 Å². The Hall–Kier alpha value is -2.86. The minimum atomic E-state index is -3.46. The van der Waals surface area contributed by atoms with Crippen LogP contribution in [0.3, 0.4) is 0 Å². The van der Waals surface area contributed by atoms with Gasteiger partial charge in [0.2, 0.25) is 10.0 Å². The lowest BCUT2D eigenvalue weighted by molar-refractivity contribution is 0.475. The van der Waals surface area contributed by atoms with Crippen LogP contribution in [-0.4, -0.2) is 59.2 Å². The number of anilines is 2. The van der Waals surface area contributed by atoms with Crippen LogP contribution >= 0.6 is 0 Å². The molecule has 2 N–H and O–H groups in total. The number of nitrogens with zero attached hydrogens (tertiary/aromatic N) is 5. The molecule has 34 heavy (non-hydrogen) atoms. The van der Waals surface area contributed by atoms with Gasteiger partial charge in [0.05, 0.1) is 30.0 Å². The van der Waals surface area contributed by atoms with Crippen LogP contribution in [-0.2, 0) is 10.0 Å². The molecule has 2 aliphatic rings. The molecule has 3 aromatic rings. The van der Waals surface area contributed by atoms with Gasteiger partial charge < -0.3 is 10.6 Å². The normalized spacial score (nSPS) is 20.0. The van der Waals surface area contributed by atoms with E-state index in [9.17, 15) is 17.2 Å². The van der Waals surface area contributed by atoms with Gasteiger partial charge in [0.15, 0.2) is 28.9 Å². The highest BCUT2D eigenvalue weighted by Gasteiger charge is 2.28. The van der Waals surface area contributed by atoms with Gasteiger partial charge in [-0.15, -0.1) is 0 Å². The largest absolute Gasteiger partial charge is 0.364 e. The van der Waals surface area contributed by atoms with Crippen LogP contribution < -0.4 is 14.9 Å². The van der Waals surface area contributed by atoms with E-state index in [0.29, 0.717) is 25.2 Å². The Morgan fingerprint density at radius 1 is 1.12 bits per heavy atom. The summed E-state index contributed by atoms with van der Waals surface area (Å²) in [5.74, 6) is -1.35. The predicted octanol–water partition coefficient (Wildman–Crippen LogP) is 3.19. The summed E-state index contributed by atoms with van der Waals surface area (Å²) in [6.45, 7) is 5.91.